The van der Waals surface area contributed by atoms with Crippen molar-refractivity contribution in [1.82, 2.24) is 4.90 Å². The Morgan fingerprint density at radius 3 is 2.59 bits per heavy atom. The lowest BCUT2D eigenvalue weighted by molar-refractivity contribution is -0.126. The molecular weight excluding hydrogens is 382 g/mol. The van der Waals surface area contributed by atoms with Crippen molar-refractivity contribution < 1.29 is 9.21 Å². The zero-order chi connectivity index (χ0) is 20.1. The number of hydrogen-bond donors (Lipinski definition) is 0. The van der Waals surface area contributed by atoms with Crippen LogP contribution in [0.15, 0.2) is 87.6 Å². The summed E-state index contributed by atoms with van der Waals surface area (Å²) in [5.41, 5.74) is 3.30. The summed E-state index contributed by atoms with van der Waals surface area (Å²) in [4.78, 5) is 14.7. The van der Waals surface area contributed by atoms with E-state index in [2.05, 4.69) is 41.4 Å². The van der Waals surface area contributed by atoms with E-state index in [9.17, 15) is 4.79 Å². The molecule has 4 rings (SSSR count). The van der Waals surface area contributed by atoms with Crippen LogP contribution in [0.25, 0.3) is 0 Å². The van der Waals surface area contributed by atoms with Crippen molar-refractivity contribution in [2.45, 2.75) is 25.1 Å². The quantitative estimate of drug-likeness (QED) is 0.444. The first-order valence-corrected chi connectivity index (χ1v) is 10.3. The molecule has 3 aromatic rings. The molecule has 0 aliphatic carbocycles. The fourth-order valence-electron chi connectivity index (χ4n) is 3.04. The highest BCUT2D eigenvalue weighted by Gasteiger charge is 2.38. The van der Waals surface area contributed by atoms with Crippen molar-refractivity contribution in [2.24, 2.45) is 10.2 Å². The SMILES string of the molecule is Cc1ccc(CC2S/C(=N/N=C/c3ccccc3)N(Cc3ccco3)C2=O)cc1. The predicted octanol–water partition coefficient (Wildman–Crippen LogP) is 4.66. The molecule has 2 heterocycles. The van der Waals surface area contributed by atoms with E-state index in [1.165, 1.54) is 17.3 Å². The minimum atomic E-state index is -0.224. The first kappa shape index (κ1) is 19.2. The zero-order valence-corrected chi connectivity index (χ0v) is 16.9. The smallest absolute Gasteiger partial charge is 0.242 e. The molecule has 0 spiro atoms. The van der Waals surface area contributed by atoms with Gasteiger partial charge >= 0.3 is 0 Å². The number of furan rings is 1. The summed E-state index contributed by atoms with van der Waals surface area (Å²) in [5, 5.41) is 8.93. The van der Waals surface area contributed by atoms with Crippen molar-refractivity contribution in [1.29, 1.82) is 0 Å². The summed E-state index contributed by atoms with van der Waals surface area (Å²) in [6, 6.07) is 21.7. The minimum absolute atomic E-state index is 0.0284. The van der Waals surface area contributed by atoms with Gasteiger partial charge in [0.2, 0.25) is 5.91 Å². The van der Waals surface area contributed by atoms with E-state index >= 15 is 0 Å². The molecule has 1 saturated heterocycles. The Morgan fingerprint density at radius 2 is 1.86 bits per heavy atom. The Morgan fingerprint density at radius 1 is 1.07 bits per heavy atom. The van der Waals surface area contributed by atoms with Crippen molar-refractivity contribution in [3.05, 3.63) is 95.4 Å². The zero-order valence-electron chi connectivity index (χ0n) is 16.1. The van der Waals surface area contributed by atoms with Crippen molar-refractivity contribution in [3.8, 4) is 0 Å². The molecule has 1 aliphatic rings. The lowest BCUT2D eigenvalue weighted by Crippen LogP contribution is -2.32. The van der Waals surface area contributed by atoms with Crippen LogP contribution in [0.4, 0.5) is 0 Å². The van der Waals surface area contributed by atoms with Gasteiger partial charge in [-0.2, -0.15) is 5.10 Å². The van der Waals surface area contributed by atoms with Gasteiger partial charge in [-0.15, -0.1) is 5.10 Å². The number of amides is 1. The van der Waals surface area contributed by atoms with Crippen LogP contribution in [0.2, 0.25) is 0 Å². The van der Waals surface area contributed by atoms with Crippen LogP contribution in [0.5, 0.6) is 0 Å². The lowest BCUT2D eigenvalue weighted by Gasteiger charge is -2.14. The second kappa shape index (κ2) is 8.92. The van der Waals surface area contributed by atoms with Crippen LogP contribution in [-0.2, 0) is 17.8 Å². The maximum absolute atomic E-state index is 13.1. The average molecular weight is 404 g/mol. The van der Waals surface area contributed by atoms with Gasteiger partial charge in [0.1, 0.15) is 5.76 Å². The predicted molar refractivity (Wildman–Crippen MR) is 117 cm³/mol. The van der Waals surface area contributed by atoms with Crippen molar-refractivity contribution in [2.75, 3.05) is 0 Å². The summed E-state index contributed by atoms with van der Waals surface area (Å²) >= 11 is 1.45. The molecule has 2 aromatic carbocycles. The van der Waals surface area contributed by atoms with Gasteiger partial charge < -0.3 is 4.42 Å². The van der Waals surface area contributed by atoms with Gasteiger partial charge in [-0.05, 0) is 36.6 Å². The van der Waals surface area contributed by atoms with Gasteiger partial charge in [-0.25, -0.2) is 0 Å². The highest BCUT2D eigenvalue weighted by molar-refractivity contribution is 8.15. The normalized spacial score (nSPS) is 18.2. The summed E-state index contributed by atoms with van der Waals surface area (Å²) in [5.74, 6) is 0.746. The number of carbonyl (C=O) groups excluding carboxylic acids is 1. The summed E-state index contributed by atoms with van der Waals surface area (Å²) in [6.45, 7) is 2.41. The summed E-state index contributed by atoms with van der Waals surface area (Å²) in [6.07, 6.45) is 3.95. The Kier molecular flexibility index (Phi) is 5.91. The van der Waals surface area contributed by atoms with Crippen LogP contribution >= 0.6 is 11.8 Å². The van der Waals surface area contributed by atoms with Crippen molar-refractivity contribution in [3.63, 3.8) is 0 Å². The topological polar surface area (TPSA) is 58.2 Å². The third-order valence-electron chi connectivity index (χ3n) is 4.61. The molecule has 0 radical (unpaired) electrons. The number of carbonyl (C=O) groups is 1. The molecule has 29 heavy (non-hydrogen) atoms. The van der Waals surface area contributed by atoms with E-state index in [0.717, 1.165) is 16.9 Å². The van der Waals surface area contributed by atoms with E-state index in [-0.39, 0.29) is 11.2 Å². The Balaban J connectivity index is 1.54. The maximum Gasteiger partial charge on any atom is 0.242 e. The third kappa shape index (κ3) is 4.84. The van der Waals surface area contributed by atoms with Gasteiger partial charge in [0.05, 0.1) is 24.3 Å². The monoisotopic (exact) mass is 403 g/mol. The van der Waals surface area contributed by atoms with Crippen LogP contribution < -0.4 is 0 Å². The number of hydrogen-bond acceptors (Lipinski definition) is 5. The first-order chi connectivity index (χ1) is 14.2. The second-order valence-corrected chi connectivity index (χ2v) is 8.01. The van der Waals surface area contributed by atoms with Gasteiger partial charge in [0.15, 0.2) is 5.17 Å². The molecule has 1 fully saturated rings. The molecule has 1 atom stereocenters. The van der Waals surface area contributed by atoms with E-state index in [0.29, 0.717) is 18.1 Å². The average Bonchev–Trinajstić information content (AvgIpc) is 3.35. The van der Waals surface area contributed by atoms with Crippen LogP contribution in [-0.4, -0.2) is 27.4 Å². The van der Waals surface area contributed by atoms with E-state index in [1.807, 2.05) is 42.5 Å². The first-order valence-electron chi connectivity index (χ1n) is 9.41. The fourth-order valence-corrected chi connectivity index (χ4v) is 4.18. The molecule has 1 amide bonds. The number of amidine groups is 1. The molecule has 5 nitrogen and oxygen atoms in total. The molecule has 1 aromatic heterocycles. The second-order valence-electron chi connectivity index (χ2n) is 6.84. The molecule has 0 saturated carbocycles. The number of aryl methyl sites for hydroxylation is 1. The van der Waals surface area contributed by atoms with Gasteiger partial charge in [-0.1, -0.05) is 71.9 Å². The molecule has 0 bridgehead atoms. The van der Waals surface area contributed by atoms with E-state index in [4.69, 9.17) is 4.42 Å². The molecular formula is C23H21N3O2S. The largest absolute Gasteiger partial charge is 0.467 e. The van der Waals surface area contributed by atoms with Gasteiger partial charge in [0, 0.05) is 0 Å². The minimum Gasteiger partial charge on any atom is -0.467 e. The summed E-state index contributed by atoms with van der Waals surface area (Å²) < 4.78 is 5.44. The Bertz CT molecular complexity index is 1010. The molecule has 1 unspecified atom stereocenters. The number of benzene rings is 2. The van der Waals surface area contributed by atoms with Crippen molar-refractivity contribution >= 4 is 29.1 Å². The van der Waals surface area contributed by atoms with Gasteiger partial charge in [-0.3, -0.25) is 9.69 Å². The molecule has 6 heteroatoms. The van der Waals surface area contributed by atoms with Crippen LogP contribution in [0.3, 0.4) is 0 Å². The Labute approximate surface area is 174 Å². The number of nitrogens with zero attached hydrogens (tertiary/aromatic N) is 3. The lowest BCUT2D eigenvalue weighted by atomic mass is 10.1. The van der Waals surface area contributed by atoms with Gasteiger partial charge in [0.25, 0.3) is 0 Å². The third-order valence-corrected chi connectivity index (χ3v) is 5.77. The standard InChI is InChI=1S/C23H21N3O2S/c1-17-9-11-18(12-10-17)14-21-22(27)26(16-20-8-5-13-28-20)23(29-21)25-24-15-19-6-3-2-4-7-19/h2-13,15,21H,14,16H2,1H3/b24-15+,25-23+. The Hall–Kier alpha value is -3.12. The molecule has 0 N–H and O–H groups in total. The molecule has 146 valence electrons. The fraction of sp³-hybridized carbons (Fsp3) is 0.174. The maximum atomic E-state index is 13.1. The number of thioether (sulfide) groups is 1. The van der Waals surface area contributed by atoms with Crippen LogP contribution in [0.1, 0.15) is 22.5 Å². The highest BCUT2D eigenvalue weighted by atomic mass is 32.2. The molecule has 1 aliphatic heterocycles. The van der Waals surface area contributed by atoms with Crippen LogP contribution in [0, 0.1) is 6.92 Å². The number of rotatable bonds is 6. The highest BCUT2D eigenvalue weighted by Crippen LogP contribution is 2.31. The summed E-state index contributed by atoms with van der Waals surface area (Å²) in [7, 11) is 0. The van der Waals surface area contributed by atoms with E-state index < -0.39 is 0 Å². The van der Waals surface area contributed by atoms with E-state index in [1.54, 1.807) is 17.4 Å².